The van der Waals surface area contributed by atoms with Gasteiger partial charge in [0.1, 0.15) is 0 Å². The minimum atomic E-state index is -0.0248. The molecule has 2 aliphatic heterocycles. The van der Waals surface area contributed by atoms with Crippen molar-refractivity contribution in [2.45, 2.75) is 94.8 Å². The molecule has 0 amide bonds. The summed E-state index contributed by atoms with van der Waals surface area (Å²) < 4.78 is 7.42. The third kappa shape index (κ3) is 4.18. The Labute approximate surface area is 219 Å². The Morgan fingerprint density at radius 2 is 1.49 bits per heavy atom. The lowest BCUT2D eigenvalue weighted by molar-refractivity contribution is -0.0485. The summed E-state index contributed by atoms with van der Waals surface area (Å²) >= 11 is 0. The fourth-order valence-corrected chi connectivity index (χ4v) is 8.48. The van der Waals surface area contributed by atoms with E-state index in [2.05, 4.69) is 20.5 Å². The number of pyridine rings is 1. The molecule has 6 atom stereocenters. The molecule has 0 unspecified atom stereocenters. The van der Waals surface area contributed by atoms with Crippen LogP contribution in [0.15, 0.2) is 47.3 Å². The summed E-state index contributed by atoms with van der Waals surface area (Å²) in [5.74, 6) is 2.39. The van der Waals surface area contributed by atoms with Crippen LogP contribution < -0.4 is 10.3 Å². The maximum absolute atomic E-state index is 14.1. The molecular weight excluding hydrogens is 460 g/mol. The second-order valence-corrected chi connectivity index (χ2v) is 12.0. The average molecular weight is 499 g/mol. The smallest absolute Gasteiger partial charge is 0.279 e. The molecule has 3 aromatic rings. The molecule has 1 aromatic carbocycles. The van der Waals surface area contributed by atoms with Crippen LogP contribution in [0, 0.1) is 11.8 Å². The third-order valence-electron chi connectivity index (χ3n) is 9.87. The van der Waals surface area contributed by atoms with E-state index in [1.807, 2.05) is 30.3 Å². The van der Waals surface area contributed by atoms with Gasteiger partial charge in [-0.3, -0.25) is 9.69 Å². The monoisotopic (exact) mass is 498 g/mol. The molecule has 4 fully saturated rings. The van der Waals surface area contributed by atoms with Crippen molar-refractivity contribution in [3.8, 4) is 17.3 Å². The first-order valence-electron chi connectivity index (χ1n) is 14.5. The van der Waals surface area contributed by atoms with E-state index >= 15 is 0 Å². The highest BCUT2D eigenvalue weighted by Crippen LogP contribution is 2.47. The molecule has 0 radical (unpaired) electrons. The highest BCUT2D eigenvalue weighted by Gasteiger charge is 2.45. The molecule has 2 aliphatic carbocycles. The van der Waals surface area contributed by atoms with Crippen molar-refractivity contribution in [3.05, 3.63) is 52.8 Å². The maximum atomic E-state index is 14.1. The van der Waals surface area contributed by atoms with Gasteiger partial charge >= 0.3 is 0 Å². The second-order valence-electron chi connectivity index (χ2n) is 12.0. The van der Waals surface area contributed by atoms with E-state index in [0.717, 1.165) is 41.8 Å². The van der Waals surface area contributed by atoms with Crippen molar-refractivity contribution < 1.29 is 4.74 Å². The zero-order chi connectivity index (χ0) is 24.9. The van der Waals surface area contributed by atoms with Crippen LogP contribution in [0.4, 0.5) is 0 Å². The molecule has 0 spiro atoms. The molecule has 6 nitrogen and oxygen atoms in total. The lowest BCUT2D eigenvalue weighted by Gasteiger charge is -2.55. The standard InChI is InChI=1S/C31H38N4O2/c1-37-29-14-6-12-27(32-29)30-31(36)35(28-13-3-2-11-26(28)33-30)25-18-22-9-5-10-23(19-25)34(22)24-16-20-7-4-8-21(15-20)17-24/h2-3,6,11-14,20-25H,4-5,7-10,15-19H2,1H3/t20-,21+,22-,23+,24+,25+. The molecule has 2 saturated heterocycles. The zero-order valence-electron chi connectivity index (χ0n) is 21.9. The Morgan fingerprint density at radius 3 is 2.24 bits per heavy atom. The summed E-state index contributed by atoms with van der Waals surface area (Å²) in [5, 5.41) is 0. The second kappa shape index (κ2) is 9.54. The first kappa shape index (κ1) is 23.4. The molecule has 37 heavy (non-hydrogen) atoms. The van der Waals surface area contributed by atoms with Crippen molar-refractivity contribution in [3.63, 3.8) is 0 Å². The van der Waals surface area contributed by atoms with Gasteiger partial charge in [-0.2, -0.15) is 0 Å². The number of methoxy groups -OCH3 is 1. The fourth-order valence-electron chi connectivity index (χ4n) is 8.48. The van der Waals surface area contributed by atoms with E-state index in [0.29, 0.717) is 29.4 Å². The number of aromatic nitrogens is 3. The number of rotatable bonds is 4. The SMILES string of the molecule is COc1cccc(-c2nc3ccccc3n([C@H]3C[C@H]4CCC[C@@H](C3)N4[C@H]3C[C@@H]4CCC[C@@H](C4)C3)c2=O)n1. The summed E-state index contributed by atoms with van der Waals surface area (Å²) in [6, 6.07) is 15.8. The number of ether oxygens (including phenoxy) is 1. The Bertz CT molecular complexity index is 1330. The van der Waals surface area contributed by atoms with E-state index in [1.54, 1.807) is 13.2 Å². The van der Waals surface area contributed by atoms with Crippen LogP contribution in [-0.2, 0) is 0 Å². The molecule has 6 heteroatoms. The molecular formula is C31H38N4O2. The molecule has 4 bridgehead atoms. The highest BCUT2D eigenvalue weighted by molar-refractivity contribution is 5.77. The number of fused-ring (bicyclic) bond motifs is 5. The van der Waals surface area contributed by atoms with E-state index in [1.165, 1.54) is 57.8 Å². The molecule has 2 saturated carbocycles. The number of hydrogen-bond donors (Lipinski definition) is 0. The molecule has 7 rings (SSSR count). The van der Waals surface area contributed by atoms with Crippen LogP contribution in [-0.4, -0.2) is 44.7 Å². The molecule has 0 N–H and O–H groups in total. The summed E-state index contributed by atoms with van der Waals surface area (Å²) in [6.07, 6.45) is 14.6. The Balaban J connectivity index is 1.26. The van der Waals surface area contributed by atoms with Crippen LogP contribution in [0.25, 0.3) is 22.4 Å². The third-order valence-corrected chi connectivity index (χ3v) is 9.87. The van der Waals surface area contributed by atoms with Gasteiger partial charge in [0.2, 0.25) is 5.88 Å². The largest absolute Gasteiger partial charge is 0.481 e. The Kier molecular flexibility index (Phi) is 6.03. The van der Waals surface area contributed by atoms with Gasteiger partial charge in [0.25, 0.3) is 5.56 Å². The zero-order valence-corrected chi connectivity index (χ0v) is 21.9. The van der Waals surface area contributed by atoms with Gasteiger partial charge < -0.3 is 9.30 Å². The van der Waals surface area contributed by atoms with Gasteiger partial charge in [-0.25, -0.2) is 9.97 Å². The molecule has 194 valence electrons. The maximum Gasteiger partial charge on any atom is 0.279 e. The average Bonchev–Trinajstić information content (AvgIpc) is 2.92. The summed E-state index contributed by atoms with van der Waals surface area (Å²) in [7, 11) is 1.60. The minimum Gasteiger partial charge on any atom is -0.481 e. The van der Waals surface area contributed by atoms with Gasteiger partial charge in [0.05, 0.1) is 23.8 Å². The minimum absolute atomic E-state index is 0.0248. The number of para-hydroxylation sites is 2. The molecule has 4 heterocycles. The van der Waals surface area contributed by atoms with Crippen LogP contribution in [0.5, 0.6) is 5.88 Å². The molecule has 2 aromatic heterocycles. The molecule has 4 aliphatic rings. The normalized spacial score (nSPS) is 31.8. The topological polar surface area (TPSA) is 60.2 Å². The van der Waals surface area contributed by atoms with Crippen LogP contribution in [0.3, 0.4) is 0 Å². The number of hydrogen-bond acceptors (Lipinski definition) is 5. The van der Waals surface area contributed by atoms with Gasteiger partial charge in [-0.15, -0.1) is 0 Å². The van der Waals surface area contributed by atoms with Crippen molar-refractivity contribution in [2.24, 2.45) is 11.8 Å². The van der Waals surface area contributed by atoms with Gasteiger partial charge in [-0.05, 0) is 75.0 Å². The number of nitrogens with zero attached hydrogens (tertiary/aromatic N) is 4. The van der Waals surface area contributed by atoms with Crippen molar-refractivity contribution in [1.29, 1.82) is 0 Å². The van der Waals surface area contributed by atoms with E-state index < -0.39 is 0 Å². The highest BCUT2D eigenvalue weighted by atomic mass is 16.5. The quantitative estimate of drug-likeness (QED) is 0.442. The van der Waals surface area contributed by atoms with E-state index in [9.17, 15) is 4.79 Å². The van der Waals surface area contributed by atoms with Crippen molar-refractivity contribution in [2.75, 3.05) is 7.11 Å². The fraction of sp³-hybridized carbons (Fsp3) is 0.581. The predicted octanol–water partition coefficient (Wildman–Crippen LogP) is 5.99. The lowest BCUT2D eigenvalue weighted by atomic mass is 9.68. The van der Waals surface area contributed by atoms with Crippen LogP contribution in [0.2, 0.25) is 0 Å². The Morgan fingerprint density at radius 1 is 0.757 bits per heavy atom. The lowest BCUT2D eigenvalue weighted by Crippen LogP contribution is -2.58. The first-order valence-corrected chi connectivity index (χ1v) is 14.5. The number of piperidine rings is 2. The van der Waals surface area contributed by atoms with E-state index in [-0.39, 0.29) is 11.6 Å². The van der Waals surface area contributed by atoms with Crippen LogP contribution >= 0.6 is 0 Å². The van der Waals surface area contributed by atoms with Gasteiger partial charge in [0.15, 0.2) is 5.69 Å². The van der Waals surface area contributed by atoms with Crippen LogP contribution in [0.1, 0.15) is 76.7 Å². The summed E-state index contributed by atoms with van der Waals surface area (Å²) in [6.45, 7) is 0. The van der Waals surface area contributed by atoms with Crippen molar-refractivity contribution >= 4 is 11.0 Å². The van der Waals surface area contributed by atoms with Gasteiger partial charge in [-0.1, -0.05) is 43.9 Å². The van der Waals surface area contributed by atoms with Crippen molar-refractivity contribution in [1.82, 2.24) is 19.4 Å². The first-order chi connectivity index (χ1) is 18.2. The summed E-state index contributed by atoms with van der Waals surface area (Å²) in [4.78, 5) is 26.5. The number of benzene rings is 1. The predicted molar refractivity (Wildman–Crippen MR) is 146 cm³/mol. The Hall–Kier alpha value is -2.73. The van der Waals surface area contributed by atoms with E-state index in [4.69, 9.17) is 9.72 Å². The summed E-state index contributed by atoms with van der Waals surface area (Å²) in [5.41, 5.74) is 2.78. The van der Waals surface area contributed by atoms with Gasteiger partial charge in [0, 0.05) is 30.2 Å².